The Morgan fingerprint density at radius 1 is 1.31 bits per heavy atom. The third-order valence-corrected chi connectivity index (χ3v) is 5.97. The minimum atomic E-state index is -3.92. The molecule has 4 nitrogen and oxygen atoms in total. The maximum Gasteiger partial charge on any atom is 0.319 e. The SMILES string of the molecule is CC(C)(C)S(=O)N=C(c1cc(Br)ccc1F)C(F)(F)C1(O)CCOCC1. The summed E-state index contributed by atoms with van der Waals surface area (Å²) in [6.45, 7) is 4.61. The van der Waals surface area contributed by atoms with Crippen molar-refractivity contribution in [1.82, 2.24) is 0 Å². The standard InChI is InChI=1S/C17H21BrF3NO3S/c1-15(2,3)26(24)22-14(12-10-11(18)4-5-13(12)19)17(20,21)16(23)6-8-25-9-7-16/h4-5,10,23H,6-9H2,1-3H3. The van der Waals surface area contributed by atoms with Crippen LogP contribution in [0.5, 0.6) is 0 Å². The monoisotopic (exact) mass is 455 g/mol. The van der Waals surface area contributed by atoms with Gasteiger partial charge in [0.15, 0.2) is 0 Å². The number of hydrogen-bond donors (Lipinski definition) is 1. The lowest BCUT2D eigenvalue weighted by Gasteiger charge is -2.39. The van der Waals surface area contributed by atoms with E-state index in [1.54, 1.807) is 20.8 Å². The molecule has 0 amide bonds. The van der Waals surface area contributed by atoms with Crippen molar-refractivity contribution in [2.24, 2.45) is 4.40 Å². The predicted molar refractivity (Wildman–Crippen MR) is 98.5 cm³/mol. The minimum Gasteiger partial charge on any atom is -0.383 e. The van der Waals surface area contributed by atoms with Crippen LogP contribution in [0.3, 0.4) is 0 Å². The second-order valence-electron chi connectivity index (χ2n) is 7.14. The van der Waals surface area contributed by atoms with Crippen LogP contribution in [-0.2, 0) is 15.7 Å². The fourth-order valence-electron chi connectivity index (χ4n) is 2.42. The molecule has 1 fully saturated rings. The summed E-state index contributed by atoms with van der Waals surface area (Å²) in [7, 11) is -2.07. The lowest BCUT2D eigenvalue weighted by Crippen LogP contribution is -2.56. The molecule has 1 unspecified atom stereocenters. The summed E-state index contributed by atoms with van der Waals surface area (Å²) in [6.07, 6.45) is -0.673. The molecule has 1 heterocycles. The summed E-state index contributed by atoms with van der Waals surface area (Å²) >= 11 is 3.12. The van der Waals surface area contributed by atoms with Crippen molar-refractivity contribution in [2.45, 2.75) is 49.9 Å². The minimum absolute atomic E-state index is 0.0529. The van der Waals surface area contributed by atoms with Crippen LogP contribution in [0, 0.1) is 5.82 Å². The van der Waals surface area contributed by atoms with Crippen LogP contribution < -0.4 is 0 Å². The van der Waals surface area contributed by atoms with Crippen molar-refractivity contribution < 1.29 is 27.2 Å². The highest BCUT2D eigenvalue weighted by Crippen LogP contribution is 2.41. The fourth-order valence-corrected chi connectivity index (χ4v) is 3.43. The molecular weight excluding hydrogens is 435 g/mol. The number of ether oxygens (including phenoxy) is 1. The molecular formula is C17H21BrF3NO3S. The van der Waals surface area contributed by atoms with E-state index in [0.717, 1.165) is 12.1 Å². The maximum absolute atomic E-state index is 15.4. The topological polar surface area (TPSA) is 58.9 Å². The highest BCUT2D eigenvalue weighted by atomic mass is 79.9. The van der Waals surface area contributed by atoms with Gasteiger partial charge in [-0.1, -0.05) is 15.9 Å². The number of halogens is 4. The molecule has 0 bridgehead atoms. The molecule has 26 heavy (non-hydrogen) atoms. The second kappa shape index (κ2) is 7.69. The first-order valence-electron chi connectivity index (χ1n) is 8.03. The van der Waals surface area contributed by atoms with Crippen LogP contribution in [-0.4, -0.2) is 44.5 Å². The molecule has 146 valence electrons. The summed E-state index contributed by atoms with van der Waals surface area (Å²) in [5.41, 5.74) is -3.98. The molecule has 2 rings (SSSR count). The molecule has 0 saturated carbocycles. The number of benzene rings is 1. The lowest BCUT2D eigenvalue weighted by molar-refractivity contribution is -0.177. The quantitative estimate of drug-likeness (QED) is 0.697. The molecule has 9 heteroatoms. The van der Waals surface area contributed by atoms with E-state index in [0.29, 0.717) is 4.47 Å². The molecule has 1 aromatic carbocycles. The van der Waals surface area contributed by atoms with Crippen LogP contribution in [0.15, 0.2) is 27.1 Å². The summed E-state index contributed by atoms with van der Waals surface area (Å²) in [5.74, 6) is -4.85. The summed E-state index contributed by atoms with van der Waals surface area (Å²) in [4.78, 5) is 0. The van der Waals surface area contributed by atoms with E-state index in [-0.39, 0.29) is 26.1 Å². The third-order valence-electron chi connectivity index (χ3n) is 4.08. The largest absolute Gasteiger partial charge is 0.383 e. The van der Waals surface area contributed by atoms with Gasteiger partial charge in [0.05, 0.1) is 4.75 Å². The van der Waals surface area contributed by atoms with E-state index in [1.807, 2.05) is 0 Å². The van der Waals surface area contributed by atoms with Gasteiger partial charge in [0.2, 0.25) is 0 Å². The summed E-state index contributed by atoms with van der Waals surface area (Å²) < 4.78 is 65.6. The highest BCUT2D eigenvalue weighted by Gasteiger charge is 2.57. The molecule has 1 atom stereocenters. The van der Waals surface area contributed by atoms with Gasteiger partial charge in [-0.25, -0.2) is 8.60 Å². The Kier molecular flexibility index (Phi) is 6.37. The van der Waals surface area contributed by atoms with Crippen LogP contribution in [0.4, 0.5) is 13.2 Å². The van der Waals surface area contributed by atoms with E-state index < -0.39 is 44.3 Å². The average Bonchev–Trinajstić information content (AvgIpc) is 2.54. The predicted octanol–water partition coefficient (Wildman–Crippen LogP) is 4.02. The Morgan fingerprint density at radius 3 is 2.42 bits per heavy atom. The molecule has 1 N–H and O–H groups in total. The maximum atomic E-state index is 15.4. The van der Waals surface area contributed by atoms with Crippen molar-refractivity contribution in [3.8, 4) is 0 Å². The normalized spacial score (nSPS) is 20.1. The molecule has 0 spiro atoms. The fraction of sp³-hybridized carbons (Fsp3) is 0.588. The molecule has 1 aliphatic heterocycles. The van der Waals surface area contributed by atoms with Crippen LogP contribution in [0.25, 0.3) is 0 Å². The van der Waals surface area contributed by atoms with E-state index in [4.69, 9.17) is 4.74 Å². The average molecular weight is 456 g/mol. The van der Waals surface area contributed by atoms with Gasteiger partial charge in [-0.15, -0.1) is 0 Å². The summed E-state index contributed by atoms with van der Waals surface area (Å²) in [6, 6.07) is 3.52. The van der Waals surface area contributed by atoms with E-state index in [2.05, 4.69) is 20.3 Å². The molecule has 1 aliphatic rings. The van der Waals surface area contributed by atoms with Gasteiger partial charge in [0.1, 0.15) is 28.1 Å². The first-order chi connectivity index (χ1) is 11.9. The number of hydrogen-bond acceptors (Lipinski definition) is 3. The zero-order valence-corrected chi connectivity index (χ0v) is 17.1. The third kappa shape index (κ3) is 4.37. The van der Waals surface area contributed by atoms with Gasteiger partial charge in [0.25, 0.3) is 0 Å². The van der Waals surface area contributed by atoms with Gasteiger partial charge < -0.3 is 9.84 Å². The van der Waals surface area contributed by atoms with Crippen molar-refractivity contribution in [2.75, 3.05) is 13.2 Å². The van der Waals surface area contributed by atoms with Gasteiger partial charge in [-0.3, -0.25) is 0 Å². The number of alkyl halides is 2. The Labute approximate surface area is 161 Å². The summed E-state index contributed by atoms with van der Waals surface area (Å²) in [5, 5.41) is 10.6. The molecule has 0 aromatic heterocycles. The second-order valence-corrected chi connectivity index (χ2v) is 9.97. The Morgan fingerprint density at radius 2 is 1.88 bits per heavy atom. The zero-order valence-electron chi connectivity index (χ0n) is 14.7. The van der Waals surface area contributed by atoms with Crippen LogP contribution in [0.2, 0.25) is 0 Å². The van der Waals surface area contributed by atoms with Gasteiger partial charge in [0, 0.05) is 36.1 Å². The highest BCUT2D eigenvalue weighted by molar-refractivity contribution is 9.10. The van der Waals surface area contributed by atoms with Crippen molar-refractivity contribution in [3.63, 3.8) is 0 Å². The molecule has 1 aromatic rings. The Hall–Kier alpha value is -0.770. The Balaban J connectivity index is 2.65. The Bertz CT molecular complexity index is 728. The smallest absolute Gasteiger partial charge is 0.319 e. The van der Waals surface area contributed by atoms with E-state index >= 15 is 8.78 Å². The van der Waals surface area contributed by atoms with Crippen molar-refractivity contribution in [3.05, 3.63) is 34.1 Å². The molecule has 0 radical (unpaired) electrons. The zero-order chi connectivity index (χ0) is 19.8. The lowest BCUT2D eigenvalue weighted by atomic mass is 9.83. The van der Waals surface area contributed by atoms with Crippen LogP contribution in [0.1, 0.15) is 39.2 Å². The van der Waals surface area contributed by atoms with E-state index in [1.165, 1.54) is 6.07 Å². The number of aliphatic hydroxyl groups is 1. The van der Waals surface area contributed by atoms with Crippen molar-refractivity contribution >= 4 is 32.6 Å². The molecule has 0 aliphatic carbocycles. The van der Waals surface area contributed by atoms with Crippen LogP contribution >= 0.6 is 15.9 Å². The van der Waals surface area contributed by atoms with Gasteiger partial charge in [-0.2, -0.15) is 13.2 Å². The number of rotatable bonds is 4. The van der Waals surface area contributed by atoms with E-state index in [9.17, 15) is 13.7 Å². The first kappa shape index (κ1) is 21.5. The molecule has 1 saturated heterocycles. The van der Waals surface area contributed by atoms with Gasteiger partial charge in [-0.05, 0) is 39.0 Å². The van der Waals surface area contributed by atoms with Crippen molar-refractivity contribution in [1.29, 1.82) is 0 Å². The van der Waals surface area contributed by atoms with Gasteiger partial charge >= 0.3 is 5.92 Å². The first-order valence-corrected chi connectivity index (χ1v) is 9.93. The number of nitrogens with zero attached hydrogens (tertiary/aromatic N) is 1.